The van der Waals surface area contributed by atoms with Gasteiger partial charge in [-0.1, -0.05) is 31.4 Å². The lowest BCUT2D eigenvalue weighted by atomic mass is 9.88. The summed E-state index contributed by atoms with van der Waals surface area (Å²) in [5, 5.41) is 0. The van der Waals surface area contributed by atoms with Crippen LogP contribution in [0.5, 0.6) is 0 Å². The highest BCUT2D eigenvalue weighted by Gasteiger charge is 2.37. The van der Waals surface area contributed by atoms with Crippen molar-refractivity contribution in [3.63, 3.8) is 0 Å². The first-order valence-corrected chi connectivity index (χ1v) is 10.9. The first kappa shape index (κ1) is 18.9. The highest BCUT2D eigenvalue weighted by Crippen LogP contribution is 2.36. The monoisotopic (exact) mass is 372 g/mol. The van der Waals surface area contributed by atoms with Gasteiger partial charge in [0.05, 0.1) is 0 Å². The van der Waals surface area contributed by atoms with E-state index in [1.165, 1.54) is 63.6 Å². The molecule has 1 saturated carbocycles. The van der Waals surface area contributed by atoms with Crippen LogP contribution in [0.3, 0.4) is 0 Å². The molecule has 27 heavy (non-hydrogen) atoms. The van der Waals surface area contributed by atoms with Gasteiger partial charge in [0.15, 0.2) is 0 Å². The smallest absolute Gasteiger partial charge is 0.222 e. The van der Waals surface area contributed by atoms with E-state index in [0.717, 1.165) is 26.1 Å². The zero-order chi connectivity index (χ0) is 18.6. The Bertz CT molecular complexity index is 620. The summed E-state index contributed by atoms with van der Waals surface area (Å²) in [7, 11) is 0. The molecule has 3 nitrogen and oxygen atoms in total. The fourth-order valence-corrected chi connectivity index (χ4v) is 5.41. The van der Waals surface area contributed by atoms with Crippen molar-refractivity contribution in [1.82, 2.24) is 9.80 Å². The SMILES string of the molecule is O=C(CC1CCCC1)N1C[C@@H](CN2CCCCC2)[C@H](c2ccc(F)cc2)C1. The van der Waals surface area contributed by atoms with Gasteiger partial charge in [-0.25, -0.2) is 4.39 Å². The van der Waals surface area contributed by atoms with Crippen molar-refractivity contribution >= 4 is 5.91 Å². The van der Waals surface area contributed by atoms with E-state index in [4.69, 9.17) is 0 Å². The number of nitrogens with zero attached hydrogens (tertiary/aromatic N) is 2. The molecule has 3 aliphatic rings. The van der Waals surface area contributed by atoms with E-state index in [0.29, 0.717) is 23.7 Å². The Hall–Kier alpha value is -1.42. The summed E-state index contributed by atoms with van der Waals surface area (Å²) in [5.74, 6) is 1.55. The molecule has 2 heterocycles. The Kier molecular flexibility index (Phi) is 6.11. The molecule has 0 bridgehead atoms. The number of hydrogen-bond acceptors (Lipinski definition) is 2. The second kappa shape index (κ2) is 8.72. The molecule has 1 aliphatic carbocycles. The predicted octanol–water partition coefficient (Wildman–Crippen LogP) is 4.43. The van der Waals surface area contributed by atoms with Crippen molar-refractivity contribution in [3.05, 3.63) is 35.6 Å². The normalized spacial score (nSPS) is 27.4. The number of amides is 1. The summed E-state index contributed by atoms with van der Waals surface area (Å²) >= 11 is 0. The maximum absolute atomic E-state index is 13.4. The van der Waals surface area contributed by atoms with E-state index < -0.39 is 0 Å². The van der Waals surface area contributed by atoms with Crippen LogP contribution in [-0.2, 0) is 4.79 Å². The third-order valence-electron chi connectivity index (χ3n) is 6.97. The van der Waals surface area contributed by atoms with Gasteiger partial charge in [-0.2, -0.15) is 0 Å². The van der Waals surface area contributed by atoms with Gasteiger partial charge in [-0.15, -0.1) is 0 Å². The van der Waals surface area contributed by atoms with Gasteiger partial charge in [0.25, 0.3) is 0 Å². The predicted molar refractivity (Wildman–Crippen MR) is 106 cm³/mol. The quantitative estimate of drug-likeness (QED) is 0.763. The molecular formula is C23H33FN2O. The van der Waals surface area contributed by atoms with Crippen LogP contribution >= 0.6 is 0 Å². The molecule has 0 spiro atoms. The van der Waals surface area contributed by atoms with Gasteiger partial charge >= 0.3 is 0 Å². The van der Waals surface area contributed by atoms with Crippen LogP contribution in [-0.4, -0.2) is 48.4 Å². The first-order valence-electron chi connectivity index (χ1n) is 10.9. The Morgan fingerprint density at radius 1 is 0.963 bits per heavy atom. The third-order valence-corrected chi connectivity index (χ3v) is 6.97. The highest BCUT2D eigenvalue weighted by molar-refractivity contribution is 5.77. The van der Waals surface area contributed by atoms with Crippen LogP contribution in [0.15, 0.2) is 24.3 Å². The summed E-state index contributed by atoms with van der Waals surface area (Å²) in [5.41, 5.74) is 1.19. The van der Waals surface area contributed by atoms with E-state index in [1.54, 1.807) is 12.1 Å². The van der Waals surface area contributed by atoms with Crippen molar-refractivity contribution in [3.8, 4) is 0 Å². The first-order chi connectivity index (χ1) is 13.2. The molecule has 0 radical (unpaired) electrons. The topological polar surface area (TPSA) is 23.6 Å². The second-order valence-electron chi connectivity index (χ2n) is 8.93. The lowest BCUT2D eigenvalue weighted by Crippen LogP contribution is -2.37. The Morgan fingerprint density at radius 2 is 1.67 bits per heavy atom. The lowest BCUT2D eigenvalue weighted by Gasteiger charge is -2.31. The van der Waals surface area contributed by atoms with E-state index in [-0.39, 0.29) is 5.82 Å². The third kappa shape index (κ3) is 4.71. The minimum Gasteiger partial charge on any atom is -0.342 e. The van der Waals surface area contributed by atoms with Crippen molar-refractivity contribution in [2.75, 3.05) is 32.7 Å². The molecule has 0 unspecified atom stereocenters. The molecule has 2 aliphatic heterocycles. The summed E-state index contributed by atoms with van der Waals surface area (Å²) in [6.45, 7) is 5.10. The van der Waals surface area contributed by atoms with Crippen molar-refractivity contribution in [2.45, 2.75) is 57.3 Å². The van der Waals surface area contributed by atoms with Crippen LogP contribution in [0.2, 0.25) is 0 Å². The molecule has 2 saturated heterocycles. The van der Waals surface area contributed by atoms with Crippen LogP contribution in [0.4, 0.5) is 4.39 Å². The van der Waals surface area contributed by atoms with E-state index in [1.807, 2.05) is 12.1 Å². The van der Waals surface area contributed by atoms with Crippen molar-refractivity contribution in [2.24, 2.45) is 11.8 Å². The number of hydrogen-bond donors (Lipinski definition) is 0. The zero-order valence-electron chi connectivity index (χ0n) is 16.4. The standard InChI is InChI=1S/C23H33FN2O/c24-21-10-8-19(9-11-21)22-17-26(23(27)14-18-6-2-3-7-18)16-20(22)15-25-12-4-1-5-13-25/h8-11,18,20,22H,1-7,12-17H2/t20-,22+/m1/s1. The fourth-order valence-electron chi connectivity index (χ4n) is 5.41. The number of rotatable bonds is 5. The lowest BCUT2D eigenvalue weighted by molar-refractivity contribution is -0.131. The maximum Gasteiger partial charge on any atom is 0.222 e. The van der Waals surface area contributed by atoms with E-state index in [9.17, 15) is 9.18 Å². The second-order valence-corrected chi connectivity index (χ2v) is 8.93. The van der Waals surface area contributed by atoms with Crippen LogP contribution in [0.1, 0.15) is 62.8 Å². The number of halogens is 1. The van der Waals surface area contributed by atoms with Gasteiger partial charge in [0.1, 0.15) is 5.82 Å². The Balaban J connectivity index is 1.45. The zero-order valence-corrected chi connectivity index (χ0v) is 16.4. The molecule has 1 amide bonds. The minimum absolute atomic E-state index is 0.182. The number of carbonyl (C=O) groups excluding carboxylic acids is 1. The summed E-state index contributed by atoms with van der Waals surface area (Å²) in [6.07, 6.45) is 9.66. The molecule has 148 valence electrons. The molecule has 3 fully saturated rings. The number of benzene rings is 1. The maximum atomic E-state index is 13.4. The van der Waals surface area contributed by atoms with E-state index in [2.05, 4.69) is 9.80 Å². The molecule has 0 aromatic heterocycles. The summed E-state index contributed by atoms with van der Waals surface area (Å²) in [4.78, 5) is 17.6. The largest absolute Gasteiger partial charge is 0.342 e. The molecular weight excluding hydrogens is 339 g/mol. The van der Waals surface area contributed by atoms with Crippen LogP contribution < -0.4 is 0 Å². The average Bonchev–Trinajstić information content (AvgIpc) is 3.33. The van der Waals surface area contributed by atoms with Gasteiger partial charge < -0.3 is 9.80 Å². The highest BCUT2D eigenvalue weighted by atomic mass is 19.1. The summed E-state index contributed by atoms with van der Waals surface area (Å²) < 4.78 is 13.4. The molecule has 1 aromatic rings. The molecule has 4 heteroatoms. The number of likely N-dealkylation sites (tertiary alicyclic amines) is 2. The Morgan fingerprint density at radius 3 is 2.37 bits per heavy atom. The molecule has 4 rings (SSSR count). The molecule has 0 N–H and O–H groups in total. The average molecular weight is 373 g/mol. The van der Waals surface area contributed by atoms with Crippen molar-refractivity contribution < 1.29 is 9.18 Å². The van der Waals surface area contributed by atoms with Crippen LogP contribution in [0.25, 0.3) is 0 Å². The van der Waals surface area contributed by atoms with Gasteiger partial charge in [0.2, 0.25) is 5.91 Å². The molecule has 1 aromatic carbocycles. The van der Waals surface area contributed by atoms with Gasteiger partial charge in [-0.3, -0.25) is 4.79 Å². The Labute approximate surface area is 162 Å². The number of carbonyl (C=O) groups is 1. The molecule has 2 atom stereocenters. The summed E-state index contributed by atoms with van der Waals surface area (Å²) in [6, 6.07) is 6.98. The van der Waals surface area contributed by atoms with Gasteiger partial charge in [-0.05, 0) is 68.3 Å². The van der Waals surface area contributed by atoms with Gasteiger partial charge in [0, 0.05) is 32.0 Å². The fraction of sp³-hybridized carbons (Fsp3) is 0.696. The number of piperidine rings is 1. The van der Waals surface area contributed by atoms with Crippen molar-refractivity contribution in [1.29, 1.82) is 0 Å². The minimum atomic E-state index is -0.182. The van der Waals surface area contributed by atoms with E-state index >= 15 is 0 Å². The van der Waals surface area contributed by atoms with Crippen LogP contribution in [0, 0.1) is 17.7 Å².